The number of aromatic nitrogens is 2. The molecule has 4 heteroatoms. The van der Waals surface area contributed by atoms with E-state index in [1.54, 1.807) is 10.9 Å². The van der Waals surface area contributed by atoms with Crippen molar-refractivity contribution in [2.24, 2.45) is 0 Å². The third-order valence-electron chi connectivity index (χ3n) is 1.88. The summed E-state index contributed by atoms with van der Waals surface area (Å²) in [6.45, 7) is 0. The molecule has 0 atom stereocenters. The first-order chi connectivity index (χ1) is 6.77. The minimum Gasteiger partial charge on any atom is -0.241 e. The molecule has 0 bridgehead atoms. The van der Waals surface area contributed by atoms with E-state index in [-0.39, 0.29) is 0 Å². The fourth-order valence-corrected chi connectivity index (χ4v) is 1.40. The first kappa shape index (κ1) is 9.56. The minimum atomic E-state index is -0.521. The third-order valence-corrected chi connectivity index (χ3v) is 2.38. The summed E-state index contributed by atoms with van der Waals surface area (Å²) in [6, 6.07) is 9.80. The fourth-order valence-electron chi connectivity index (χ4n) is 1.17. The molecule has 0 unspecified atom stereocenters. The Hall–Kier alpha value is -0.990. The quantitative estimate of drug-likeness (QED) is 0.719. The first-order valence-electron chi connectivity index (χ1n) is 4.15. The Kier molecular flexibility index (Phi) is 2.75. The highest BCUT2D eigenvalue weighted by Gasteiger charge is 2.06. The van der Waals surface area contributed by atoms with E-state index < -0.39 is 4.84 Å². The van der Waals surface area contributed by atoms with E-state index in [1.807, 2.05) is 36.5 Å². The Morgan fingerprint density at radius 2 is 1.86 bits per heavy atom. The predicted octanol–water partition coefficient (Wildman–Crippen LogP) is 3.35. The summed E-state index contributed by atoms with van der Waals surface area (Å²) in [6.07, 6.45) is 3.48. The van der Waals surface area contributed by atoms with E-state index in [4.69, 9.17) is 23.2 Å². The Bertz CT molecular complexity index is 409. The number of nitrogens with zero attached hydrogens (tertiary/aromatic N) is 2. The van der Waals surface area contributed by atoms with Crippen LogP contribution in [0.5, 0.6) is 0 Å². The van der Waals surface area contributed by atoms with Gasteiger partial charge >= 0.3 is 0 Å². The zero-order valence-electron chi connectivity index (χ0n) is 7.27. The van der Waals surface area contributed by atoms with Crippen LogP contribution in [0, 0.1) is 0 Å². The highest BCUT2D eigenvalue weighted by Crippen LogP contribution is 2.24. The molecule has 72 valence electrons. The molecule has 0 aliphatic rings. The average Bonchev–Trinajstić information content (AvgIpc) is 2.68. The standard InChI is InChI=1S/C10H8Cl2N2/c11-10(12)8-6-13-14(7-8)9-4-2-1-3-5-9/h1-7,10H. The van der Waals surface area contributed by atoms with Gasteiger partial charge in [-0.3, -0.25) is 0 Å². The number of hydrogen-bond acceptors (Lipinski definition) is 1. The van der Waals surface area contributed by atoms with Crippen LogP contribution < -0.4 is 0 Å². The van der Waals surface area contributed by atoms with Gasteiger partial charge in [0.15, 0.2) is 0 Å². The molecule has 0 spiro atoms. The van der Waals surface area contributed by atoms with Crippen LogP contribution in [-0.4, -0.2) is 9.78 Å². The number of halogens is 2. The molecule has 0 aliphatic carbocycles. The zero-order valence-corrected chi connectivity index (χ0v) is 8.78. The topological polar surface area (TPSA) is 17.8 Å². The van der Waals surface area contributed by atoms with Crippen molar-refractivity contribution in [3.05, 3.63) is 48.3 Å². The molecule has 1 heterocycles. The lowest BCUT2D eigenvalue weighted by Gasteiger charge is -1.99. The molecular weight excluding hydrogens is 219 g/mol. The van der Waals surface area contributed by atoms with Crippen molar-refractivity contribution in [3.63, 3.8) is 0 Å². The van der Waals surface area contributed by atoms with Gasteiger partial charge < -0.3 is 0 Å². The minimum absolute atomic E-state index is 0.521. The number of alkyl halides is 2. The van der Waals surface area contributed by atoms with Crippen LogP contribution in [-0.2, 0) is 0 Å². The predicted molar refractivity (Wildman–Crippen MR) is 58.0 cm³/mol. The second-order valence-corrected chi connectivity index (χ2v) is 3.95. The van der Waals surface area contributed by atoms with Gasteiger partial charge in [-0.15, -0.1) is 0 Å². The highest BCUT2D eigenvalue weighted by molar-refractivity contribution is 6.44. The van der Waals surface area contributed by atoms with Crippen molar-refractivity contribution in [3.8, 4) is 5.69 Å². The second kappa shape index (κ2) is 4.03. The van der Waals surface area contributed by atoms with Gasteiger partial charge in [-0.05, 0) is 12.1 Å². The molecule has 0 saturated heterocycles. The normalized spacial score (nSPS) is 10.8. The zero-order chi connectivity index (χ0) is 9.97. The Morgan fingerprint density at radius 1 is 1.14 bits per heavy atom. The van der Waals surface area contributed by atoms with Crippen molar-refractivity contribution in [2.45, 2.75) is 4.84 Å². The number of benzene rings is 1. The van der Waals surface area contributed by atoms with Gasteiger partial charge in [-0.25, -0.2) is 4.68 Å². The van der Waals surface area contributed by atoms with Crippen molar-refractivity contribution in [1.29, 1.82) is 0 Å². The lowest BCUT2D eigenvalue weighted by molar-refractivity contribution is 0.880. The van der Waals surface area contributed by atoms with Gasteiger partial charge in [-0.1, -0.05) is 41.4 Å². The van der Waals surface area contributed by atoms with Gasteiger partial charge in [0.25, 0.3) is 0 Å². The Balaban J connectivity index is 2.34. The Morgan fingerprint density at radius 3 is 2.43 bits per heavy atom. The van der Waals surface area contributed by atoms with Crippen LogP contribution >= 0.6 is 23.2 Å². The number of para-hydroxylation sites is 1. The monoisotopic (exact) mass is 226 g/mol. The molecule has 0 saturated carbocycles. The largest absolute Gasteiger partial charge is 0.241 e. The van der Waals surface area contributed by atoms with E-state index in [9.17, 15) is 0 Å². The summed E-state index contributed by atoms with van der Waals surface area (Å²) in [5.74, 6) is 0. The summed E-state index contributed by atoms with van der Waals surface area (Å²) in [4.78, 5) is -0.521. The fraction of sp³-hybridized carbons (Fsp3) is 0.100. The maximum atomic E-state index is 5.72. The molecule has 0 amide bonds. The summed E-state index contributed by atoms with van der Waals surface area (Å²) < 4.78 is 1.74. The van der Waals surface area contributed by atoms with E-state index in [0.29, 0.717) is 0 Å². The van der Waals surface area contributed by atoms with E-state index in [2.05, 4.69) is 5.10 Å². The van der Waals surface area contributed by atoms with E-state index >= 15 is 0 Å². The molecule has 2 rings (SSSR count). The number of rotatable bonds is 2. The van der Waals surface area contributed by atoms with Gasteiger partial charge in [0.1, 0.15) is 4.84 Å². The van der Waals surface area contributed by atoms with Crippen LogP contribution in [0.1, 0.15) is 10.4 Å². The van der Waals surface area contributed by atoms with Gasteiger partial charge in [0, 0.05) is 11.8 Å². The summed E-state index contributed by atoms with van der Waals surface area (Å²) in [7, 11) is 0. The van der Waals surface area contributed by atoms with Gasteiger partial charge in [0.05, 0.1) is 11.9 Å². The molecule has 14 heavy (non-hydrogen) atoms. The summed E-state index contributed by atoms with van der Waals surface area (Å²) in [5, 5.41) is 4.16. The van der Waals surface area contributed by atoms with Crippen molar-refractivity contribution >= 4 is 23.2 Å². The molecule has 0 fully saturated rings. The maximum Gasteiger partial charge on any atom is 0.135 e. The third kappa shape index (κ3) is 1.91. The van der Waals surface area contributed by atoms with Crippen molar-refractivity contribution in [1.82, 2.24) is 9.78 Å². The van der Waals surface area contributed by atoms with Crippen molar-refractivity contribution < 1.29 is 0 Å². The van der Waals surface area contributed by atoms with E-state index in [0.717, 1.165) is 11.3 Å². The average molecular weight is 227 g/mol. The van der Waals surface area contributed by atoms with Crippen LogP contribution in [0.15, 0.2) is 42.7 Å². The number of hydrogen-bond donors (Lipinski definition) is 0. The SMILES string of the molecule is ClC(Cl)c1cnn(-c2ccccc2)c1. The molecule has 0 N–H and O–H groups in total. The molecule has 2 nitrogen and oxygen atoms in total. The molecule has 2 aromatic rings. The van der Waals surface area contributed by atoms with Crippen LogP contribution in [0.2, 0.25) is 0 Å². The van der Waals surface area contributed by atoms with Crippen LogP contribution in [0.4, 0.5) is 0 Å². The van der Waals surface area contributed by atoms with Gasteiger partial charge in [0.2, 0.25) is 0 Å². The lowest BCUT2D eigenvalue weighted by atomic mass is 10.3. The molecule has 0 aliphatic heterocycles. The van der Waals surface area contributed by atoms with Gasteiger partial charge in [-0.2, -0.15) is 5.10 Å². The van der Waals surface area contributed by atoms with Crippen molar-refractivity contribution in [2.75, 3.05) is 0 Å². The maximum absolute atomic E-state index is 5.72. The smallest absolute Gasteiger partial charge is 0.135 e. The molecular formula is C10H8Cl2N2. The van der Waals surface area contributed by atoms with E-state index in [1.165, 1.54) is 0 Å². The summed E-state index contributed by atoms with van der Waals surface area (Å²) >= 11 is 11.4. The Labute approximate surface area is 92.1 Å². The van der Waals surface area contributed by atoms with Crippen LogP contribution in [0.25, 0.3) is 5.69 Å². The highest BCUT2D eigenvalue weighted by atomic mass is 35.5. The molecule has 0 radical (unpaired) electrons. The molecule has 1 aromatic heterocycles. The lowest BCUT2D eigenvalue weighted by Crippen LogP contribution is -1.92. The van der Waals surface area contributed by atoms with Crippen LogP contribution in [0.3, 0.4) is 0 Å². The molecule has 1 aromatic carbocycles. The second-order valence-electron chi connectivity index (χ2n) is 2.85. The summed E-state index contributed by atoms with van der Waals surface area (Å²) in [5.41, 5.74) is 1.80. The first-order valence-corrected chi connectivity index (χ1v) is 5.03.